The lowest BCUT2D eigenvalue weighted by Crippen LogP contribution is -2.53. The molecule has 0 unspecified atom stereocenters. The van der Waals surface area contributed by atoms with E-state index in [0.29, 0.717) is 24.3 Å². The molecule has 0 fully saturated rings. The van der Waals surface area contributed by atoms with Crippen molar-refractivity contribution in [3.8, 4) is 5.75 Å². The van der Waals surface area contributed by atoms with Gasteiger partial charge in [-0.2, -0.15) is 0 Å². The summed E-state index contributed by atoms with van der Waals surface area (Å²) in [6, 6.07) is 23.7. The molecular weight excluding hydrogens is 608 g/mol. The Morgan fingerprint density at radius 3 is 2.29 bits per heavy atom. The number of hydrogen-bond donors (Lipinski definition) is 3. The topological polar surface area (TPSA) is 143 Å². The number of amides is 4. The molecule has 0 bridgehead atoms. The number of aromatic nitrogens is 2. The quantitative estimate of drug-likeness (QED) is 0.267. The number of carbonyl (C=O) groups is 4. The smallest absolute Gasteiger partial charge is 0.255 e. The first kappa shape index (κ1) is 33.8. The molecule has 5 rings (SSSR count). The standard InChI is InChI=1S/C37H40N6O5/c1-43-29(22-26-10-4-2-5-11-26)25-48-33-15-9-8-14-30(33)35(45)42-31(36(46)40-19-18-28-24-38-20-21-39-28)16-17-34(44)41-32(37(43)47)23-27-12-6-3-7-13-27/h2-15,20-21,24,29,31-32H,16-19,22-23,25H2,1H3,(H,40,46)(H,41,44)(H,42,45)/t29-,31+,32+/m1/s1. The van der Waals surface area contributed by atoms with Gasteiger partial charge in [-0.3, -0.25) is 29.1 Å². The number of likely N-dealkylation sites (N-methyl/N-ethyl adjacent to an activating group) is 1. The van der Waals surface area contributed by atoms with Crippen LogP contribution in [-0.2, 0) is 33.6 Å². The molecule has 0 saturated carbocycles. The van der Waals surface area contributed by atoms with Crippen LogP contribution < -0.4 is 20.7 Å². The summed E-state index contributed by atoms with van der Waals surface area (Å²) in [6.45, 7) is 0.346. The van der Waals surface area contributed by atoms with E-state index in [4.69, 9.17) is 4.74 Å². The number of nitrogens with one attached hydrogen (secondary N) is 3. The van der Waals surface area contributed by atoms with Gasteiger partial charge in [-0.1, -0.05) is 72.8 Å². The molecule has 48 heavy (non-hydrogen) atoms. The first-order valence-corrected chi connectivity index (χ1v) is 16.1. The molecule has 0 spiro atoms. The van der Waals surface area contributed by atoms with Crippen molar-refractivity contribution in [2.24, 2.45) is 0 Å². The van der Waals surface area contributed by atoms with Crippen molar-refractivity contribution in [3.05, 3.63) is 126 Å². The van der Waals surface area contributed by atoms with Crippen molar-refractivity contribution in [2.75, 3.05) is 20.2 Å². The number of ether oxygens (including phenoxy) is 1. The van der Waals surface area contributed by atoms with E-state index in [0.717, 1.165) is 11.1 Å². The van der Waals surface area contributed by atoms with Crippen LogP contribution >= 0.6 is 0 Å². The molecule has 1 aliphatic rings. The van der Waals surface area contributed by atoms with Gasteiger partial charge < -0.3 is 25.6 Å². The zero-order valence-electron chi connectivity index (χ0n) is 26.9. The summed E-state index contributed by atoms with van der Waals surface area (Å²) >= 11 is 0. The second-order valence-electron chi connectivity index (χ2n) is 11.7. The molecule has 0 aliphatic carbocycles. The first-order chi connectivity index (χ1) is 23.4. The van der Waals surface area contributed by atoms with Gasteiger partial charge in [0, 0.05) is 51.4 Å². The number of benzene rings is 3. The Kier molecular flexibility index (Phi) is 11.8. The van der Waals surface area contributed by atoms with Crippen molar-refractivity contribution in [3.63, 3.8) is 0 Å². The highest BCUT2D eigenvalue weighted by atomic mass is 16.5. The predicted octanol–water partition coefficient (Wildman–Crippen LogP) is 2.90. The van der Waals surface area contributed by atoms with E-state index in [1.807, 2.05) is 60.7 Å². The highest BCUT2D eigenvalue weighted by molar-refractivity contribution is 5.99. The van der Waals surface area contributed by atoms with E-state index in [-0.39, 0.29) is 43.9 Å². The molecule has 248 valence electrons. The summed E-state index contributed by atoms with van der Waals surface area (Å²) in [5.41, 5.74) is 2.84. The van der Waals surface area contributed by atoms with Crippen molar-refractivity contribution >= 4 is 23.6 Å². The molecule has 3 aromatic carbocycles. The summed E-state index contributed by atoms with van der Waals surface area (Å²) in [4.78, 5) is 64.5. The van der Waals surface area contributed by atoms with Gasteiger partial charge in [-0.15, -0.1) is 0 Å². The summed E-state index contributed by atoms with van der Waals surface area (Å²) < 4.78 is 6.27. The van der Waals surface area contributed by atoms with Crippen LogP contribution in [0.1, 0.15) is 40.0 Å². The Morgan fingerprint density at radius 1 is 0.896 bits per heavy atom. The van der Waals surface area contributed by atoms with Gasteiger partial charge in [-0.25, -0.2) is 0 Å². The summed E-state index contributed by atoms with van der Waals surface area (Å²) in [5, 5.41) is 8.58. The molecule has 4 aromatic rings. The predicted molar refractivity (Wildman–Crippen MR) is 180 cm³/mol. The van der Waals surface area contributed by atoms with Gasteiger partial charge in [-0.05, 0) is 36.1 Å². The Balaban J connectivity index is 1.42. The van der Waals surface area contributed by atoms with E-state index >= 15 is 0 Å². The third-order valence-corrected chi connectivity index (χ3v) is 8.27. The Labute approximate surface area is 280 Å². The molecule has 0 radical (unpaired) electrons. The van der Waals surface area contributed by atoms with Crippen molar-refractivity contribution < 1.29 is 23.9 Å². The van der Waals surface area contributed by atoms with Crippen molar-refractivity contribution in [2.45, 2.75) is 50.2 Å². The van der Waals surface area contributed by atoms with Crippen molar-refractivity contribution in [1.29, 1.82) is 0 Å². The number of rotatable bonds is 8. The largest absolute Gasteiger partial charge is 0.491 e. The zero-order valence-corrected chi connectivity index (χ0v) is 26.9. The third-order valence-electron chi connectivity index (χ3n) is 8.27. The average Bonchev–Trinajstić information content (AvgIpc) is 3.12. The Morgan fingerprint density at radius 2 is 1.58 bits per heavy atom. The van der Waals surface area contributed by atoms with Crippen LogP contribution in [0.3, 0.4) is 0 Å². The molecule has 3 atom stereocenters. The highest BCUT2D eigenvalue weighted by Crippen LogP contribution is 2.21. The summed E-state index contributed by atoms with van der Waals surface area (Å²) in [7, 11) is 1.71. The molecule has 4 amide bonds. The number of para-hydroxylation sites is 1. The second kappa shape index (κ2) is 16.8. The van der Waals surface area contributed by atoms with E-state index in [2.05, 4.69) is 25.9 Å². The van der Waals surface area contributed by atoms with Gasteiger partial charge in [0.2, 0.25) is 17.7 Å². The lowest BCUT2D eigenvalue weighted by molar-refractivity contribution is -0.137. The van der Waals surface area contributed by atoms with E-state index in [1.54, 1.807) is 54.8 Å². The number of hydrogen-bond acceptors (Lipinski definition) is 7. The van der Waals surface area contributed by atoms with Crippen LogP contribution in [0, 0.1) is 0 Å². The molecule has 3 N–H and O–H groups in total. The van der Waals surface area contributed by atoms with Crippen molar-refractivity contribution in [1.82, 2.24) is 30.8 Å². The highest BCUT2D eigenvalue weighted by Gasteiger charge is 2.31. The van der Waals surface area contributed by atoms with Crippen LogP contribution in [-0.4, -0.2) is 76.8 Å². The Bertz CT molecular complexity index is 1670. The molecular formula is C37H40N6O5. The van der Waals surface area contributed by atoms with Gasteiger partial charge >= 0.3 is 0 Å². The second-order valence-corrected chi connectivity index (χ2v) is 11.7. The minimum Gasteiger partial charge on any atom is -0.491 e. The first-order valence-electron chi connectivity index (χ1n) is 16.1. The number of nitrogens with zero attached hydrogens (tertiary/aromatic N) is 3. The number of carbonyl (C=O) groups excluding carboxylic acids is 4. The van der Waals surface area contributed by atoms with Gasteiger partial charge in [0.1, 0.15) is 24.4 Å². The Hall–Kier alpha value is -5.58. The fourth-order valence-electron chi connectivity index (χ4n) is 5.58. The lowest BCUT2D eigenvalue weighted by atomic mass is 10.0. The minimum atomic E-state index is -1.03. The molecule has 0 saturated heterocycles. The minimum absolute atomic E-state index is 0.0102. The average molecular weight is 649 g/mol. The van der Waals surface area contributed by atoms with Crippen LogP contribution in [0.15, 0.2) is 104 Å². The third kappa shape index (κ3) is 9.47. The van der Waals surface area contributed by atoms with Crippen LogP contribution in [0.4, 0.5) is 0 Å². The summed E-state index contributed by atoms with van der Waals surface area (Å²) in [5.74, 6) is -1.31. The normalized spacial score (nSPS) is 19.1. The van der Waals surface area contributed by atoms with Crippen LogP contribution in [0.2, 0.25) is 0 Å². The van der Waals surface area contributed by atoms with Gasteiger partial charge in [0.25, 0.3) is 5.91 Å². The van der Waals surface area contributed by atoms with E-state index in [9.17, 15) is 19.2 Å². The van der Waals surface area contributed by atoms with Gasteiger partial charge in [0.15, 0.2) is 0 Å². The number of fused-ring (bicyclic) bond motifs is 1. The maximum atomic E-state index is 14.2. The van der Waals surface area contributed by atoms with Gasteiger partial charge in [0.05, 0.1) is 17.3 Å². The van der Waals surface area contributed by atoms with Crippen LogP contribution in [0.25, 0.3) is 0 Å². The maximum absolute atomic E-state index is 14.2. The fraction of sp³-hybridized carbons (Fsp3) is 0.297. The zero-order chi connectivity index (χ0) is 33.7. The fourth-order valence-corrected chi connectivity index (χ4v) is 5.58. The maximum Gasteiger partial charge on any atom is 0.255 e. The molecule has 1 aliphatic heterocycles. The monoisotopic (exact) mass is 648 g/mol. The van der Waals surface area contributed by atoms with E-state index in [1.165, 1.54) is 0 Å². The lowest BCUT2D eigenvalue weighted by Gasteiger charge is -2.32. The molecule has 1 aromatic heterocycles. The van der Waals surface area contributed by atoms with Crippen LogP contribution in [0.5, 0.6) is 5.75 Å². The SMILES string of the molecule is CN1C(=O)[C@H](Cc2ccccc2)NC(=O)CC[C@@H](C(=O)NCCc2cnccn2)NC(=O)c2ccccc2OC[C@H]1Cc1ccccc1. The molecule has 11 nitrogen and oxygen atoms in total. The van der Waals surface area contributed by atoms with E-state index < -0.39 is 35.8 Å². The molecule has 2 heterocycles. The molecule has 11 heteroatoms. The summed E-state index contributed by atoms with van der Waals surface area (Å²) in [6.07, 6.45) is 5.88.